The minimum absolute atomic E-state index is 0.0554. The van der Waals surface area contributed by atoms with Gasteiger partial charge in [-0.25, -0.2) is 21.6 Å². The Labute approximate surface area is 116 Å². The molecule has 6 nitrogen and oxygen atoms in total. The van der Waals surface area contributed by atoms with Gasteiger partial charge in [0.05, 0.1) is 10.5 Å². The largest absolute Gasteiger partial charge is 0.316 e. The van der Waals surface area contributed by atoms with Crippen molar-refractivity contribution >= 4 is 19.9 Å². The van der Waals surface area contributed by atoms with Crippen LogP contribution in [0.4, 0.5) is 0 Å². The standard InChI is InChI=1S/C11H24N2O4S2/c1-11(2,18(3,14)15)9-13-19(16,17)8-10-5-4-6-12-7-10/h10,12-13H,4-9H2,1-3H3. The molecule has 1 aliphatic heterocycles. The van der Waals surface area contributed by atoms with E-state index >= 15 is 0 Å². The second-order valence-electron chi connectivity index (χ2n) is 5.85. The van der Waals surface area contributed by atoms with Crippen molar-refractivity contribution in [2.24, 2.45) is 5.92 Å². The lowest BCUT2D eigenvalue weighted by molar-refractivity contribution is 0.402. The molecule has 0 bridgehead atoms. The maximum Gasteiger partial charge on any atom is 0.211 e. The van der Waals surface area contributed by atoms with Gasteiger partial charge in [-0.3, -0.25) is 0 Å². The van der Waals surface area contributed by atoms with Crippen molar-refractivity contribution in [1.29, 1.82) is 0 Å². The van der Waals surface area contributed by atoms with E-state index in [4.69, 9.17) is 0 Å². The Hall–Kier alpha value is -0.180. The quantitative estimate of drug-likeness (QED) is 0.704. The highest BCUT2D eigenvalue weighted by Crippen LogP contribution is 2.15. The Bertz CT molecular complexity index is 491. The third-order valence-electron chi connectivity index (χ3n) is 3.58. The Morgan fingerprint density at radius 3 is 2.37 bits per heavy atom. The van der Waals surface area contributed by atoms with Gasteiger partial charge in [-0.05, 0) is 45.7 Å². The van der Waals surface area contributed by atoms with Crippen molar-refractivity contribution < 1.29 is 16.8 Å². The van der Waals surface area contributed by atoms with Gasteiger partial charge < -0.3 is 5.32 Å². The van der Waals surface area contributed by atoms with Gasteiger partial charge in [-0.15, -0.1) is 0 Å². The SMILES string of the molecule is CC(C)(CNS(=O)(=O)CC1CCCNC1)S(C)(=O)=O. The molecule has 0 amide bonds. The highest BCUT2D eigenvalue weighted by Gasteiger charge is 2.32. The van der Waals surface area contributed by atoms with Crippen LogP contribution in [0, 0.1) is 5.92 Å². The molecule has 1 atom stereocenters. The molecule has 0 saturated carbocycles. The van der Waals surface area contributed by atoms with Crippen LogP contribution >= 0.6 is 0 Å². The van der Waals surface area contributed by atoms with E-state index in [0.29, 0.717) is 6.54 Å². The second-order valence-corrected chi connectivity index (χ2v) is 10.3. The van der Waals surface area contributed by atoms with E-state index in [0.717, 1.165) is 25.6 Å². The Balaban J connectivity index is 2.55. The van der Waals surface area contributed by atoms with Crippen LogP contribution in [0.1, 0.15) is 26.7 Å². The molecule has 1 fully saturated rings. The summed E-state index contributed by atoms with van der Waals surface area (Å²) < 4.78 is 48.2. The molecule has 1 aliphatic rings. The summed E-state index contributed by atoms with van der Waals surface area (Å²) in [7, 11) is -6.73. The van der Waals surface area contributed by atoms with Gasteiger partial charge in [0.15, 0.2) is 9.84 Å². The number of hydrogen-bond acceptors (Lipinski definition) is 5. The first kappa shape index (κ1) is 16.9. The van der Waals surface area contributed by atoms with Gasteiger partial charge in [0.25, 0.3) is 0 Å². The van der Waals surface area contributed by atoms with E-state index in [9.17, 15) is 16.8 Å². The van der Waals surface area contributed by atoms with E-state index in [2.05, 4.69) is 10.0 Å². The van der Waals surface area contributed by atoms with Crippen LogP contribution in [-0.2, 0) is 19.9 Å². The Morgan fingerprint density at radius 2 is 1.89 bits per heavy atom. The van der Waals surface area contributed by atoms with Crippen LogP contribution in [0.5, 0.6) is 0 Å². The van der Waals surface area contributed by atoms with Crippen LogP contribution < -0.4 is 10.0 Å². The summed E-state index contributed by atoms with van der Waals surface area (Å²) in [5, 5.41) is 3.17. The zero-order valence-corrected chi connectivity index (χ0v) is 13.4. The van der Waals surface area contributed by atoms with Crippen molar-refractivity contribution in [3.05, 3.63) is 0 Å². The molecule has 1 heterocycles. The van der Waals surface area contributed by atoms with Crippen molar-refractivity contribution in [3.63, 3.8) is 0 Å². The number of hydrogen-bond donors (Lipinski definition) is 2. The molecular formula is C11H24N2O4S2. The predicted octanol–water partition coefficient (Wildman–Crippen LogP) is -0.271. The minimum Gasteiger partial charge on any atom is -0.316 e. The molecule has 19 heavy (non-hydrogen) atoms. The lowest BCUT2D eigenvalue weighted by atomic mass is 10.0. The Kier molecular flexibility index (Phi) is 5.39. The zero-order chi connectivity index (χ0) is 14.7. The molecule has 8 heteroatoms. The molecule has 0 spiro atoms. The third-order valence-corrected chi connectivity index (χ3v) is 7.22. The molecular weight excluding hydrogens is 288 g/mol. The van der Waals surface area contributed by atoms with Crippen molar-refractivity contribution in [1.82, 2.24) is 10.0 Å². The first-order valence-corrected chi connectivity index (χ1v) is 9.95. The molecule has 2 N–H and O–H groups in total. The van der Waals surface area contributed by atoms with Gasteiger partial charge in [0, 0.05) is 12.8 Å². The summed E-state index contributed by atoms with van der Waals surface area (Å²) in [5.41, 5.74) is 0. The second kappa shape index (κ2) is 6.07. The van der Waals surface area contributed by atoms with Gasteiger partial charge >= 0.3 is 0 Å². The number of sulfonamides is 1. The van der Waals surface area contributed by atoms with E-state index in [-0.39, 0.29) is 18.2 Å². The summed E-state index contributed by atoms with van der Waals surface area (Å²) in [6.45, 7) is 4.59. The molecule has 114 valence electrons. The van der Waals surface area contributed by atoms with Crippen LogP contribution in [0.3, 0.4) is 0 Å². The first-order chi connectivity index (χ1) is 8.54. The van der Waals surface area contributed by atoms with Gasteiger partial charge in [0.1, 0.15) is 0 Å². The first-order valence-electron chi connectivity index (χ1n) is 6.41. The molecule has 0 aromatic rings. The molecule has 0 aromatic carbocycles. The van der Waals surface area contributed by atoms with Crippen molar-refractivity contribution in [2.45, 2.75) is 31.4 Å². The number of rotatable bonds is 6. The van der Waals surface area contributed by atoms with Crippen LogP contribution in [0.2, 0.25) is 0 Å². The molecule has 0 radical (unpaired) electrons. The fourth-order valence-corrected chi connectivity index (χ4v) is 3.88. The normalized spacial score (nSPS) is 22.4. The van der Waals surface area contributed by atoms with E-state index in [1.807, 2.05) is 0 Å². The molecule has 1 rings (SSSR count). The van der Waals surface area contributed by atoms with Crippen LogP contribution in [0.15, 0.2) is 0 Å². The lowest BCUT2D eigenvalue weighted by Gasteiger charge is -2.25. The molecule has 1 unspecified atom stereocenters. The molecule has 0 aromatic heterocycles. The van der Waals surface area contributed by atoms with Crippen LogP contribution in [-0.4, -0.2) is 53.2 Å². The molecule has 1 saturated heterocycles. The van der Waals surface area contributed by atoms with E-state index in [1.54, 1.807) is 0 Å². The van der Waals surface area contributed by atoms with Gasteiger partial charge in [-0.2, -0.15) is 0 Å². The van der Waals surface area contributed by atoms with Crippen LogP contribution in [0.25, 0.3) is 0 Å². The highest BCUT2D eigenvalue weighted by atomic mass is 32.2. The fourth-order valence-electron chi connectivity index (χ4n) is 1.85. The number of sulfone groups is 1. The van der Waals surface area contributed by atoms with Gasteiger partial charge in [0.2, 0.25) is 10.0 Å². The van der Waals surface area contributed by atoms with E-state index in [1.165, 1.54) is 13.8 Å². The third kappa shape index (κ3) is 5.37. The highest BCUT2D eigenvalue weighted by molar-refractivity contribution is 7.92. The maximum atomic E-state index is 11.9. The summed E-state index contributed by atoms with van der Waals surface area (Å²) >= 11 is 0. The maximum absolute atomic E-state index is 11.9. The fraction of sp³-hybridized carbons (Fsp3) is 1.00. The predicted molar refractivity (Wildman–Crippen MR) is 76.3 cm³/mol. The Morgan fingerprint density at radius 1 is 1.26 bits per heavy atom. The lowest BCUT2D eigenvalue weighted by Crippen LogP contribution is -2.45. The average Bonchev–Trinajstić information content (AvgIpc) is 2.26. The summed E-state index contributed by atoms with van der Waals surface area (Å²) in [5.74, 6) is 0.160. The number of nitrogens with one attached hydrogen (secondary N) is 2. The summed E-state index contributed by atoms with van der Waals surface area (Å²) in [6.07, 6.45) is 2.99. The number of piperidine rings is 1. The van der Waals surface area contributed by atoms with Crippen molar-refractivity contribution in [3.8, 4) is 0 Å². The topological polar surface area (TPSA) is 92.3 Å². The minimum atomic E-state index is -3.43. The molecule has 0 aliphatic carbocycles. The average molecular weight is 312 g/mol. The van der Waals surface area contributed by atoms with Gasteiger partial charge in [-0.1, -0.05) is 0 Å². The summed E-state index contributed by atoms with van der Waals surface area (Å²) in [4.78, 5) is 0. The zero-order valence-electron chi connectivity index (χ0n) is 11.8. The van der Waals surface area contributed by atoms with Crippen molar-refractivity contribution in [2.75, 3.05) is 31.6 Å². The smallest absolute Gasteiger partial charge is 0.211 e. The monoisotopic (exact) mass is 312 g/mol. The summed E-state index contributed by atoms with van der Waals surface area (Å²) in [6, 6.07) is 0. The van der Waals surface area contributed by atoms with E-state index < -0.39 is 24.6 Å².